The second-order valence-corrected chi connectivity index (χ2v) is 8.29. The van der Waals surface area contributed by atoms with Gasteiger partial charge in [-0.05, 0) is 31.5 Å². The summed E-state index contributed by atoms with van der Waals surface area (Å²) in [5.74, 6) is 0.333. The van der Waals surface area contributed by atoms with Crippen LogP contribution in [0.2, 0.25) is 0 Å². The highest BCUT2D eigenvalue weighted by atomic mass is 16.6. The molecule has 0 spiro atoms. The van der Waals surface area contributed by atoms with Crippen molar-refractivity contribution in [1.29, 1.82) is 0 Å². The standard InChI is InChI=1S/C28H24N6O2/c1-19-12-14-22(15-13-19)27-23(16-29-32-27)17-30-34-26(31-25-11-7-6-10-24(25)28(34)35)18-36-33-20(2)21-8-4-3-5-9-21/h3-17H,18H2,1-2H3,(H,29,32). The number of aromatic nitrogens is 4. The highest BCUT2D eigenvalue weighted by Crippen LogP contribution is 2.20. The maximum atomic E-state index is 13.3. The van der Waals surface area contributed by atoms with E-state index in [2.05, 4.69) is 25.4 Å². The zero-order valence-electron chi connectivity index (χ0n) is 19.9. The zero-order chi connectivity index (χ0) is 24.9. The van der Waals surface area contributed by atoms with Gasteiger partial charge in [0.05, 0.1) is 34.7 Å². The average Bonchev–Trinajstić information content (AvgIpc) is 3.38. The predicted octanol–water partition coefficient (Wildman–Crippen LogP) is 4.92. The van der Waals surface area contributed by atoms with Gasteiger partial charge in [-0.3, -0.25) is 9.89 Å². The van der Waals surface area contributed by atoms with Crippen LogP contribution in [0.5, 0.6) is 0 Å². The van der Waals surface area contributed by atoms with Gasteiger partial charge >= 0.3 is 0 Å². The minimum absolute atomic E-state index is 0.0300. The Labute approximate surface area is 207 Å². The van der Waals surface area contributed by atoms with Gasteiger partial charge in [-0.2, -0.15) is 14.9 Å². The monoisotopic (exact) mass is 476 g/mol. The number of fused-ring (bicyclic) bond motifs is 1. The van der Waals surface area contributed by atoms with Crippen molar-refractivity contribution >= 4 is 22.8 Å². The van der Waals surface area contributed by atoms with Crippen LogP contribution in [0.4, 0.5) is 0 Å². The van der Waals surface area contributed by atoms with Crippen molar-refractivity contribution in [2.45, 2.75) is 20.5 Å². The Kier molecular flexibility index (Phi) is 6.48. The molecule has 0 bridgehead atoms. The van der Waals surface area contributed by atoms with Crippen LogP contribution in [0.15, 0.2) is 100 Å². The van der Waals surface area contributed by atoms with Crippen molar-refractivity contribution in [3.63, 3.8) is 0 Å². The van der Waals surface area contributed by atoms with E-state index in [9.17, 15) is 4.79 Å². The molecular weight excluding hydrogens is 452 g/mol. The lowest BCUT2D eigenvalue weighted by molar-refractivity contribution is 0.122. The van der Waals surface area contributed by atoms with Crippen LogP contribution < -0.4 is 5.56 Å². The molecule has 0 amide bonds. The second-order valence-electron chi connectivity index (χ2n) is 8.29. The Morgan fingerprint density at radius 1 is 1.03 bits per heavy atom. The van der Waals surface area contributed by atoms with Gasteiger partial charge < -0.3 is 4.84 Å². The molecule has 3 aromatic carbocycles. The van der Waals surface area contributed by atoms with E-state index in [-0.39, 0.29) is 12.2 Å². The fourth-order valence-corrected chi connectivity index (χ4v) is 3.77. The predicted molar refractivity (Wildman–Crippen MR) is 141 cm³/mol. The van der Waals surface area contributed by atoms with Crippen molar-refractivity contribution < 1.29 is 4.84 Å². The highest BCUT2D eigenvalue weighted by Gasteiger charge is 2.12. The largest absolute Gasteiger partial charge is 0.387 e. The summed E-state index contributed by atoms with van der Waals surface area (Å²) in [4.78, 5) is 23.5. The van der Waals surface area contributed by atoms with Crippen LogP contribution in [0.25, 0.3) is 22.2 Å². The van der Waals surface area contributed by atoms with E-state index in [0.717, 1.165) is 33.7 Å². The zero-order valence-corrected chi connectivity index (χ0v) is 19.9. The molecule has 0 aliphatic rings. The fraction of sp³-hybridized carbons (Fsp3) is 0.107. The third kappa shape index (κ3) is 4.83. The molecular formula is C28H24N6O2. The summed E-state index contributed by atoms with van der Waals surface area (Å²) in [5.41, 5.74) is 5.62. The maximum Gasteiger partial charge on any atom is 0.282 e. The summed E-state index contributed by atoms with van der Waals surface area (Å²) >= 11 is 0. The molecule has 8 heteroatoms. The van der Waals surface area contributed by atoms with Crippen molar-refractivity contribution in [3.05, 3.63) is 118 Å². The van der Waals surface area contributed by atoms with E-state index in [1.165, 1.54) is 4.68 Å². The Morgan fingerprint density at radius 3 is 2.58 bits per heavy atom. The molecule has 178 valence electrons. The maximum absolute atomic E-state index is 13.3. The molecule has 0 unspecified atom stereocenters. The fourth-order valence-electron chi connectivity index (χ4n) is 3.77. The molecule has 0 fully saturated rings. The first-order valence-corrected chi connectivity index (χ1v) is 11.5. The van der Waals surface area contributed by atoms with E-state index in [1.54, 1.807) is 30.6 Å². The van der Waals surface area contributed by atoms with Crippen LogP contribution in [0, 0.1) is 6.92 Å². The normalized spacial score (nSPS) is 11.9. The van der Waals surface area contributed by atoms with E-state index in [4.69, 9.17) is 4.84 Å². The number of H-pyrrole nitrogens is 1. The molecule has 0 saturated heterocycles. The number of para-hydroxylation sites is 1. The van der Waals surface area contributed by atoms with Gasteiger partial charge in [-0.15, -0.1) is 0 Å². The van der Waals surface area contributed by atoms with E-state index in [1.807, 2.05) is 74.5 Å². The third-order valence-corrected chi connectivity index (χ3v) is 5.73. The number of aromatic amines is 1. The molecule has 2 heterocycles. The number of nitrogens with zero attached hydrogens (tertiary/aromatic N) is 5. The molecule has 1 N–H and O–H groups in total. The Morgan fingerprint density at radius 2 is 1.78 bits per heavy atom. The van der Waals surface area contributed by atoms with Crippen LogP contribution in [-0.4, -0.2) is 31.8 Å². The van der Waals surface area contributed by atoms with Crippen LogP contribution in [0.1, 0.15) is 29.4 Å². The average molecular weight is 477 g/mol. The SMILES string of the molecule is CC(=NOCc1nc2ccccc2c(=O)n1N=Cc1cn[nH]c1-c1ccc(C)cc1)c1ccccc1. The van der Waals surface area contributed by atoms with E-state index in [0.29, 0.717) is 16.7 Å². The summed E-state index contributed by atoms with van der Waals surface area (Å²) in [6.07, 6.45) is 3.26. The van der Waals surface area contributed by atoms with Gasteiger partial charge in [0.15, 0.2) is 12.4 Å². The minimum Gasteiger partial charge on any atom is -0.387 e. The number of benzene rings is 3. The number of hydrogen-bond donors (Lipinski definition) is 1. The van der Waals surface area contributed by atoms with Crippen molar-refractivity contribution in [1.82, 2.24) is 19.9 Å². The Bertz CT molecular complexity index is 1620. The molecule has 5 rings (SSSR count). The summed E-state index contributed by atoms with van der Waals surface area (Å²) in [6, 6.07) is 25.0. The van der Waals surface area contributed by atoms with Crippen molar-refractivity contribution in [3.8, 4) is 11.3 Å². The molecule has 0 radical (unpaired) electrons. The molecule has 8 nitrogen and oxygen atoms in total. The summed E-state index contributed by atoms with van der Waals surface area (Å²) in [5, 5.41) is 16.3. The first-order chi connectivity index (χ1) is 17.6. The second kappa shape index (κ2) is 10.2. The summed E-state index contributed by atoms with van der Waals surface area (Å²) < 4.78 is 1.25. The van der Waals surface area contributed by atoms with Gasteiger partial charge in [-0.1, -0.05) is 77.4 Å². The molecule has 0 saturated carbocycles. The summed E-state index contributed by atoms with van der Waals surface area (Å²) in [7, 11) is 0. The molecule has 2 aromatic heterocycles. The smallest absolute Gasteiger partial charge is 0.282 e. The number of rotatable bonds is 7. The van der Waals surface area contributed by atoms with Gasteiger partial charge in [-0.25, -0.2) is 4.98 Å². The highest BCUT2D eigenvalue weighted by molar-refractivity contribution is 5.98. The van der Waals surface area contributed by atoms with Gasteiger partial charge in [0, 0.05) is 11.1 Å². The summed E-state index contributed by atoms with van der Waals surface area (Å²) in [6.45, 7) is 3.87. The number of oxime groups is 1. The Balaban J connectivity index is 1.49. The number of aryl methyl sites for hydroxylation is 1. The first-order valence-electron chi connectivity index (χ1n) is 11.5. The molecule has 0 aliphatic carbocycles. The third-order valence-electron chi connectivity index (χ3n) is 5.73. The van der Waals surface area contributed by atoms with Gasteiger partial charge in [0.25, 0.3) is 5.56 Å². The Hall–Kier alpha value is -4.85. The number of nitrogens with one attached hydrogen (secondary N) is 1. The molecule has 0 atom stereocenters. The number of hydrogen-bond acceptors (Lipinski definition) is 6. The van der Waals surface area contributed by atoms with Crippen LogP contribution in [-0.2, 0) is 11.4 Å². The van der Waals surface area contributed by atoms with Gasteiger partial charge in [0.2, 0.25) is 0 Å². The lowest BCUT2D eigenvalue weighted by Crippen LogP contribution is -2.22. The van der Waals surface area contributed by atoms with Crippen molar-refractivity contribution in [2.24, 2.45) is 10.3 Å². The van der Waals surface area contributed by atoms with Crippen LogP contribution in [0.3, 0.4) is 0 Å². The van der Waals surface area contributed by atoms with Gasteiger partial charge in [0.1, 0.15) is 0 Å². The minimum atomic E-state index is -0.292. The van der Waals surface area contributed by atoms with E-state index >= 15 is 0 Å². The first kappa shape index (κ1) is 22.9. The van der Waals surface area contributed by atoms with Crippen LogP contribution >= 0.6 is 0 Å². The molecule has 0 aliphatic heterocycles. The van der Waals surface area contributed by atoms with Crippen molar-refractivity contribution in [2.75, 3.05) is 0 Å². The van der Waals surface area contributed by atoms with E-state index < -0.39 is 0 Å². The lowest BCUT2D eigenvalue weighted by atomic mass is 10.1. The molecule has 5 aromatic rings. The quantitative estimate of drug-likeness (QED) is 0.266. The molecule has 36 heavy (non-hydrogen) atoms. The lowest BCUT2D eigenvalue weighted by Gasteiger charge is -2.09. The topological polar surface area (TPSA) is 97.5 Å².